The molecule has 1 fully saturated rings. The van der Waals surface area contributed by atoms with E-state index in [-0.39, 0.29) is 6.04 Å². The van der Waals surface area contributed by atoms with Crippen molar-refractivity contribution in [2.45, 2.75) is 18.4 Å². The van der Waals surface area contributed by atoms with E-state index in [1.807, 2.05) is 24.4 Å². The minimum Gasteiger partial charge on any atom is -0.271 e. The third-order valence-corrected chi connectivity index (χ3v) is 3.68. The average Bonchev–Trinajstić information content (AvgIpc) is 3.22. The zero-order valence-corrected chi connectivity index (χ0v) is 10.2. The summed E-state index contributed by atoms with van der Waals surface area (Å²) >= 11 is 0. The molecule has 0 bridgehead atoms. The number of pyridine rings is 1. The van der Waals surface area contributed by atoms with Crippen molar-refractivity contribution in [2.24, 2.45) is 11.8 Å². The van der Waals surface area contributed by atoms with Crippen molar-refractivity contribution in [1.82, 2.24) is 10.4 Å². The Kier molecular flexibility index (Phi) is 3.09. The fourth-order valence-electron chi connectivity index (χ4n) is 2.65. The Hall–Kier alpha value is -1.71. The predicted octanol–water partition coefficient (Wildman–Crippen LogP) is 2.39. The quantitative estimate of drug-likeness (QED) is 0.636. The van der Waals surface area contributed by atoms with Gasteiger partial charge in [-0.05, 0) is 36.0 Å². The van der Waals surface area contributed by atoms with E-state index in [2.05, 4.69) is 40.7 Å². The van der Waals surface area contributed by atoms with Gasteiger partial charge in [0.25, 0.3) is 0 Å². The molecule has 0 amide bonds. The van der Waals surface area contributed by atoms with Crippen LogP contribution in [0.3, 0.4) is 0 Å². The van der Waals surface area contributed by atoms with E-state index in [4.69, 9.17) is 5.84 Å². The molecular formula is C15H17N3. The maximum Gasteiger partial charge on any atom is 0.0666 e. The lowest BCUT2D eigenvalue weighted by Crippen LogP contribution is -2.30. The molecule has 3 rings (SSSR count). The molecule has 1 aromatic heterocycles. The van der Waals surface area contributed by atoms with Crippen LogP contribution in [0.5, 0.6) is 0 Å². The minimum atomic E-state index is 0.149. The summed E-state index contributed by atoms with van der Waals surface area (Å²) in [6.07, 6.45) is 3.00. The normalized spacial score (nSPS) is 23.6. The second-order valence-electron chi connectivity index (χ2n) is 4.82. The van der Waals surface area contributed by atoms with E-state index >= 15 is 0 Å². The first kappa shape index (κ1) is 11.4. The molecule has 1 aromatic carbocycles. The molecule has 0 saturated heterocycles. The lowest BCUT2D eigenvalue weighted by molar-refractivity contribution is 0.476. The molecule has 0 aliphatic heterocycles. The number of nitrogens with two attached hydrogens (primary N) is 1. The van der Waals surface area contributed by atoms with Gasteiger partial charge in [0.05, 0.1) is 11.7 Å². The lowest BCUT2D eigenvalue weighted by atomic mass is 10.0. The number of benzene rings is 1. The minimum absolute atomic E-state index is 0.149. The fourth-order valence-corrected chi connectivity index (χ4v) is 2.65. The van der Waals surface area contributed by atoms with Crippen molar-refractivity contribution in [3.8, 4) is 0 Å². The maximum absolute atomic E-state index is 5.70. The molecule has 18 heavy (non-hydrogen) atoms. The highest BCUT2D eigenvalue weighted by Crippen LogP contribution is 2.53. The first-order valence-electron chi connectivity index (χ1n) is 6.32. The monoisotopic (exact) mass is 239 g/mol. The highest BCUT2D eigenvalue weighted by Gasteiger charge is 2.44. The van der Waals surface area contributed by atoms with E-state index in [9.17, 15) is 0 Å². The molecule has 3 atom stereocenters. The molecule has 1 aliphatic carbocycles. The lowest BCUT2D eigenvalue weighted by Gasteiger charge is -2.15. The summed E-state index contributed by atoms with van der Waals surface area (Å²) in [5.74, 6) is 6.85. The van der Waals surface area contributed by atoms with Crippen LogP contribution in [-0.4, -0.2) is 4.98 Å². The Bertz CT molecular complexity index is 498. The summed E-state index contributed by atoms with van der Waals surface area (Å²) in [6.45, 7) is 0. The van der Waals surface area contributed by atoms with Crippen LogP contribution in [0.4, 0.5) is 0 Å². The molecule has 3 nitrogen and oxygen atoms in total. The largest absolute Gasteiger partial charge is 0.271 e. The van der Waals surface area contributed by atoms with Gasteiger partial charge in [-0.1, -0.05) is 36.4 Å². The van der Waals surface area contributed by atoms with Crippen LogP contribution in [0.1, 0.15) is 29.6 Å². The summed E-state index contributed by atoms with van der Waals surface area (Å²) < 4.78 is 0. The fraction of sp³-hybridized carbons (Fsp3) is 0.267. The number of hydrogen-bond donors (Lipinski definition) is 2. The van der Waals surface area contributed by atoms with Crippen LogP contribution in [0, 0.1) is 5.92 Å². The first-order valence-corrected chi connectivity index (χ1v) is 6.32. The van der Waals surface area contributed by atoms with Crippen LogP contribution < -0.4 is 11.3 Å². The van der Waals surface area contributed by atoms with Crippen LogP contribution >= 0.6 is 0 Å². The SMILES string of the molecule is NNC(c1ccccn1)C1CC1c1ccccc1. The van der Waals surface area contributed by atoms with E-state index < -0.39 is 0 Å². The van der Waals surface area contributed by atoms with E-state index in [1.165, 1.54) is 12.0 Å². The van der Waals surface area contributed by atoms with Gasteiger partial charge in [0.15, 0.2) is 0 Å². The number of aromatic nitrogens is 1. The summed E-state index contributed by atoms with van der Waals surface area (Å²) in [4.78, 5) is 4.40. The zero-order valence-electron chi connectivity index (χ0n) is 10.2. The van der Waals surface area contributed by atoms with Crippen molar-refractivity contribution in [3.63, 3.8) is 0 Å². The van der Waals surface area contributed by atoms with Gasteiger partial charge < -0.3 is 0 Å². The van der Waals surface area contributed by atoms with Gasteiger partial charge in [-0.3, -0.25) is 16.3 Å². The van der Waals surface area contributed by atoms with Gasteiger partial charge in [-0.25, -0.2) is 0 Å². The topological polar surface area (TPSA) is 50.9 Å². The predicted molar refractivity (Wildman–Crippen MR) is 71.6 cm³/mol. The van der Waals surface area contributed by atoms with Crippen molar-refractivity contribution >= 4 is 0 Å². The molecule has 2 aromatic rings. The Morgan fingerprint density at radius 3 is 2.56 bits per heavy atom. The molecule has 0 spiro atoms. The highest BCUT2D eigenvalue weighted by atomic mass is 15.2. The first-order chi connectivity index (χ1) is 8.90. The van der Waals surface area contributed by atoms with Crippen LogP contribution in [0.2, 0.25) is 0 Å². The Labute approximate surface area is 107 Å². The number of nitrogens with zero attached hydrogens (tertiary/aromatic N) is 1. The van der Waals surface area contributed by atoms with E-state index in [0.717, 1.165) is 5.69 Å². The number of hydrazine groups is 1. The van der Waals surface area contributed by atoms with Gasteiger partial charge in [-0.15, -0.1) is 0 Å². The highest BCUT2D eigenvalue weighted by molar-refractivity contribution is 5.28. The van der Waals surface area contributed by atoms with Gasteiger partial charge in [-0.2, -0.15) is 0 Å². The summed E-state index contributed by atoms with van der Waals surface area (Å²) in [7, 11) is 0. The van der Waals surface area contributed by atoms with Crippen molar-refractivity contribution in [1.29, 1.82) is 0 Å². The molecule has 3 N–H and O–H groups in total. The van der Waals surface area contributed by atoms with Crippen molar-refractivity contribution < 1.29 is 0 Å². The molecule has 3 unspecified atom stereocenters. The maximum atomic E-state index is 5.70. The second-order valence-corrected chi connectivity index (χ2v) is 4.82. The van der Waals surface area contributed by atoms with Crippen molar-refractivity contribution in [3.05, 3.63) is 66.0 Å². The molecule has 1 heterocycles. The van der Waals surface area contributed by atoms with E-state index in [0.29, 0.717) is 11.8 Å². The molecule has 3 heteroatoms. The molecule has 92 valence electrons. The molecule has 1 saturated carbocycles. The number of nitrogens with one attached hydrogen (secondary N) is 1. The number of rotatable bonds is 4. The Morgan fingerprint density at radius 1 is 1.11 bits per heavy atom. The van der Waals surface area contributed by atoms with Crippen LogP contribution in [0.15, 0.2) is 54.7 Å². The Morgan fingerprint density at radius 2 is 1.89 bits per heavy atom. The molecule has 0 radical (unpaired) electrons. The summed E-state index contributed by atoms with van der Waals surface area (Å²) in [5.41, 5.74) is 5.35. The standard InChI is InChI=1S/C15H17N3/c16-18-15(14-8-4-5-9-17-14)13-10-12(13)11-6-2-1-3-7-11/h1-9,12-13,15,18H,10,16H2. The Balaban J connectivity index is 1.77. The summed E-state index contributed by atoms with van der Waals surface area (Å²) in [5, 5.41) is 0. The average molecular weight is 239 g/mol. The number of hydrogen-bond acceptors (Lipinski definition) is 3. The van der Waals surface area contributed by atoms with Gasteiger partial charge >= 0.3 is 0 Å². The summed E-state index contributed by atoms with van der Waals surface area (Å²) in [6, 6.07) is 16.7. The van der Waals surface area contributed by atoms with Crippen molar-refractivity contribution in [2.75, 3.05) is 0 Å². The van der Waals surface area contributed by atoms with Gasteiger partial charge in [0, 0.05) is 6.20 Å². The van der Waals surface area contributed by atoms with Crippen LogP contribution in [0.25, 0.3) is 0 Å². The second kappa shape index (κ2) is 4.88. The zero-order chi connectivity index (χ0) is 12.4. The van der Waals surface area contributed by atoms with Crippen LogP contribution in [-0.2, 0) is 0 Å². The third kappa shape index (κ3) is 2.15. The molecule has 1 aliphatic rings. The van der Waals surface area contributed by atoms with Gasteiger partial charge in [0.1, 0.15) is 0 Å². The van der Waals surface area contributed by atoms with Gasteiger partial charge in [0.2, 0.25) is 0 Å². The smallest absolute Gasteiger partial charge is 0.0666 e. The molecular weight excluding hydrogens is 222 g/mol. The van der Waals surface area contributed by atoms with E-state index in [1.54, 1.807) is 0 Å². The third-order valence-electron chi connectivity index (χ3n) is 3.68.